The molecule has 1 atom stereocenters. The van der Waals surface area contributed by atoms with E-state index in [2.05, 4.69) is 0 Å². The van der Waals surface area contributed by atoms with Crippen LogP contribution in [0, 0.1) is 12.7 Å². The van der Waals surface area contributed by atoms with Gasteiger partial charge in [-0.05, 0) is 43.5 Å². The largest absolute Gasteiger partial charge is 0.383 e. The van der Waals surface area contributed by atoms with Gasteiger partial charge in [0.05, 0.1) is 11.5 Å². The van der Waals surface area contributed by atoms with Gasteiger partial charge in [-0.2, -0.15) is 4.31 Å². The van der Waals surface area contributed by atoms with Crippen molar-refractivity contribution < 1.29 is 17.5 Å². The average molecular weight is 287 g/mol. The second-order valence-electron chi connectivity index (χ2n) is 4.78. The van der Waals surface area contributed by atoms with Crippen LogP contribution in [0.25, 0.3) is 0 Å². The summed E-state index contributed by atoms with van der Waals surface area (Å²) in [6.45, 7) is 2.44. The quantitative estimate of drug-likeness (QED) is 0.850. The maximum atomic E-state index is 13.2. The molecule has 1 fully saturated rings. The molecule has 1 aromatic carbocycles. The van der Waals surface area contributed by atoms with Crippen LogP contribution in [-0.4, -0.2) is 39.0 Å². The molecule has 1 unspecified atom stereocenters. The van der Waals surface area contributed by atoms with Crippen molar-refractivity contribution in [2.45, 2.75) is 30.7 Å². The maximum Gasteiger partial charge on any atom is 0.243 e. The number of methoxy groups -OCH3 is 1. The Morgan fingerprint density at radius 3 is 2.84 bits per heavy atom. The summed E-state index contributed by atoms with van der Waals surface area (Å²) in [5.74, 6) is -0.395. The third-order valence-corrected chi connectivity index (χ3v) is 5.37. The van der Waals surface area contributed by atoms with E-state index in [1.165, 1.54) is 22.5 Å². The fourth-order valence-corrected chi connectivity index (χ4v) is 4.16. The molecule has 0 bridgehead atoms. The van der Waals surface area contributed by atoms with Crippen LogP contribution in [0.15, 0.2) is 23.1 Å². The van der Waals surface area contributed by atoms with E-state index in [0.29, 0.717) is 18.7 Å². The Labute approximate surface area is 113 Å². The van der Waals surface area contributed by atoms with E-state index in [4.69, 9.17) is 4.74 Å². The van der Waals surface area contributed by atoms with E-state index in [9.17, 15) is 12.8 Å². The van der Waals surface area contributed by atoms with Crippen molar-refractivity contribution in [2.24, 2.45) is 0 Å². The molecule has 19 heavy (non-hydrogen) atoms. The number of hydrogen-bond donors (Lipinski definition) is 0. The SMILES string of the molecule is COCC1CCCN1S(=O)(=O)c1ccc(F)c(C)c1. The number of ether oxygens (including phenoxy) is 1. The molecule has 0 aliphatic carbocycles. The number of nitrogens with zero attached hydrogens (tertiary/aromatic N) is 1. The van der Waals surface area contributed by atoms with Crippen LogP contribution in [-0.2, 0) is 14.8 Å². The third kappa shape index (κ3) is 2.80. The molecule has 0 saturated carbocycles. The molecule has 0 aromatic heterocycles. The predicted molar refractivity (Wildman–Crippen MR) is 69.9 cm³/mol. The standard InChI is InChI=1S/C13H18FNO3S/c1-10-8-12(5-6-13(10)14)19(16,17)15-7-3-4-11(15)9-18-2/h5-6,8,11H,3-4,7,9H2,1-2H3. The van der Waals surface area contributed by atoms with Crippen molar-refractivity contribution in [3.05, 3.63) is 29.6 Å². The van der Waals surface area contributed by atoms with Gasteiger partial charge in [-0.3, -0.25) is 0 Å². The molecule has 1 aliphatic rings. The van der Waals surface area contributed by atoms with Crippen molar-refractivity contribution in [3.63, 3.8) is 0 Å². The molecule has 1 aliphatic heterocycles. The molecule has 4 nitrogen and oxygen atoms in total. The monoisotopic (exact) mass is 287 g/mol. The zero-order chi connectivity index (χ0) is 14.0. The van der Waals surface area contributed by atoms with Crippen LogP contribution in [0.3, 0.4) is 0 Å². The summed E-state index contributed by atoms with van der Waals surface area (Å²) < 4.78 is 44.8. The van der Waals surface area contributed by atoms with E-state index >= 15 is 0 Å². The molecule has 2 rings (SSSR count). The Morgan fingerprint density at radius 1 is 1.47 bits per heavy atom. The minimum atomic E-state index is -3.56. The first-order chi connectivity index (χ1) is 8.96. The first-order valence-electron chi connectivity index (χ1n) is 6.23. The van der Waals surface area contributed by atoms with E-state index in [1.54, 1.807) is 14.0 Å². The fourth-order valence-electron chi connectivity index (χ4n) is 2.40. The molecule has 6 heteroatoms. The molecular formula is C13H18FNO3S. The molecule has 0 amide bonds. The van der Waals surface area contributed by atoms with Crippen molar-refractivity contribution >= 4 is 10.0 Å². The highest BCUT2D eigenvalue weighted by Gasteiger charge is 2.35. The van der Waals surface area contributed by atoms with Crippen LogP contribution in [0.1, 0.15) is 18.4 Å². The first kappa shape index (κ1) is 14.4. The second kappa shape index (κ2) is 5.56. The van der Waals surface area contributed by atoms with Crippen LogP contribution in [0.4, 0.5) is 4.39 Å². The topological polar surface area (TPSA) is 46.6 Å². The van der Waals surface area contributed by atoms with E-state index in [-0.39, 0.29) is 10.9 Å². The molecule has 1 heterocycles. The zero-order valence-corrected chi connectivity index (χ0v) is 11.9. The summed E-state index contributed by atoms with van der Waals surface area (Å²) in [5.41, 5.74) is 0.337. The summed E-state index contributed by atoms with van der Waals surface area (Å²) in [5, 5.41) is 0. The molecule has 0 radical (unpaired) electrons. The highest BCUT2D eigenvalue weighted by molar-refractivity contribution is 7.89. The highest BCUT2D eigenvalue weighted by Crippen LogP contribution is 2.27. The number of hydrogen-bond acceptors (Lipinski definition) is 3. The van der Waals surface area contributed by atoms with Crippen molar-refractivity contribution in [1.82, 2.24) is 4.31 Å². The van der Waals surface area contributed by atoms with Crippen LogP contribution in [0.2, 0.25) is 0 Å². The Morgan fingerprint density at radius 2 is 2.21 bits per heavy atom. The molecule has 1 aromatic rings. The summed E-state index contributed by atoms with van der Waals surface area (Å²) in [7, 11) is -2.00. The van der Waals surface area contributed by atoms with Crippen molar-refractivity contribution in [1.29, 1.82) is 0 Å². The lowest BCUT2D eigenvalue weighted by Crippen LogP contribution is -2.38. The molecule has 0 spiro atoms. The highest BCUT2D eigenvalue weighted by atomic mass is 32.2. The lowest BCUT2D eigenvalue weighted by atomic mass is 10.2. The number of halogens is 1. The summed E-state index contributed by atoms with van der Waals surface area (Å²) in [6.07, 6.45) is 1.63. The maximum absolute atomic E-state index is 13.2. The van der Waals surface area contributed by atoms with Gasteiger partial charge < -0.3 is 4.74 Å². The van der Waals surface area contributed by atoms with Gasteiger partial charge in [-0.1, -0.05) is 0 Å². The number of sulfonamides is 1. The smallest absolute Gasteiger partial charge is 0.243 e. The molecule has 0 N–H and O–H groups in total. The van der Waals surface area contributed by atoms with Gasteiger partial charge in [0.25, 0.3) is 0 Å². The van der Waals surface area contributed by atoms with Gasteiger partial charge in [0.15, 0.2) is 0 Å². The molecule has 1 saturated heterocycles. The van der Waals surface area contributed by atoms with Crippen LogP contribution < -0.4 is 0 Å². The minimum absolute atomic E-state index is 0.125. The Balaban J connectivity index is 2.33. The lowest BCUT2D eigenvalue weighted by Gasteiger charge is -2.23. The van der Waals surface area contributed by atoms with E-state index < -0.39 is 15.8 Å². The lowest BCUT2D eigenvalue weighted by molar-refractivity contribution is 0.149. The second-order valence-corrected chi connectivity index (χ2v) is 6.67. The van der Waals surface area contributed by atoms with Crippen molar-refractivity contribution in [3.8, 4) is 0 Å². The average Bonchev–Trinajstić information content (AvgIpc) is 2.82. The number of aryl methyl sites for hydroxylation is 1. The predicted octanol–water partition coefficient (Wildman–Crippen LogP) is 1.93. The molecular weight excluding hydrogens is 269 g/mol. The first-order valence-corrected chi connectivity index (χ1v) is 7.67. The molecule has 106 valence electrons. The van der Waals surface area contributed by atoms with Crippen LogP contribution >= 0.6 is 0 Å². The fraction of sp³-hybridized carbons (Fsp3) is 0.538. The van der Waals surface area contributed by atoms with Gasteiger partial charge in [0.1, 0.15) is 5.82 Å². The summed E-state index contributed by atoms with van der Waals surface area (Å²) in [4.78, 5) is 0.148. The normalized spacial score (nSPS) is 20.9. The minimum Gasteiger partial charge on any atom is -0.383 e. The van der Waals surface area contributed by atoms with E-state index in [1.807, 2.05) is 0 Å². The zero-order valence-electron chi connectivity index (χ0n) is 11.1. The van der Waals surface area contributed by atoms with Gasteiger partial charge in [0, 0.05) is 19.7 Å². The Kier molecular flexibility index (Phi) is 4.23. The van der Waals surface area contributed by atoms with Gasteiger partial charge in [-0.25, -0.2) is 12.8 Å². The van der Waals surface area contributed by atoms with Crippen molar-refractivity contribution in [2.75, 3.05) is 20.3 Å². The van der Waals surface area contributed by atoms with Gasteiger partial charge in [0.2, 0.25) is 10.0 Å². The third-order valence-electron chi connectivity index (χ3n) is 3.42. The number of rotatable bonds is 4. The number of benzene rings is 1. The summed E-state index contributed by atoms with van der Waals surface area (Å²) >= 11 is 0. The summed E-state index contributed by atoms with van der Waals surface area (Å²) in [6, 6.07) is 3.77. The van der Waals surface area contributed by atoms with E-state index in [0.717, 1.165) is 12.8 Å². The van der Waals surface area contributed by atoms with Gasteiger partial charge in [-0.15, -0.1) is 0 Å². The van der Waals surface area contributed by atoms with Gasteiger partial charge >= 0.3 is 0 Å². The Bertz CT molecular complexity index is 559. The van der Waals surface area contributed by atoms with Crippen LogP contribution in [0.5, 0.6) is 0 Å². The Hall–Kier alpha value is -0.980.